The summed E-state index contributed by atoms with van der Waals surface area (Å²) in [6.45, 7) is 4.70. The Hall–Kier alpha value is -3.71. The van der Waals surface area contributed by atoms with E-state index in [1.54, 1.807) is 12.3 Å². The maximum Gasteiger partial charge on any atom is 0.249 e. The van der Waals surface area contributed by atoms with Crippen LogP contribution in [0.2, 0.25) is 0 Å². The third kappa shape index (κ3) is 3.68. The third-order valence-corrected chi connectivity index (χ3v) is 5.11. The number of primary amides is 1. The molecule has 0 fully saturated rings. The second kappa shape index (κ2) is 7.73. The molecule has 0 saturated heterocycles. The number of rotatable bonds is 4. The molecule has 2 heterocycles. The first-order valence-corrected chi connectivity index (χ1v) is 9.54. The fourth-order valence-electron chi connectivity index (χ4n) is 3.79. The van der Waals surface area contributed by atoms with E-state index >= 15 is 0 Å². The van der Waals surface area contributed by atoms with Gasteiger partial charge in [-0.25, -0.2) is 0 Å². The molecule has 1 aromatic carbocycles. The number of amides is 1. The Bertz CT molecular complexity index is 1150. The molecule has 1 amide bonds. The van der Waals surface area contributed by atoms with Crippen molar-refractivity contribution in [2.45, 2.75) is 26.8 Å². The highest BCUT2D eigenvalue weighted by atomic mass is 16.3. The lowest BCUT2D eigenvalue weighted by Gasteiger charge is -2.33. The predicted octanol–water partition coefficient (Wildman–Crippen LogP) is 4.85. The van der Waals surface area contributed by atoms with Crippen LogP contribution in [0.5, 0.6) is 0 Å². The van der Waals surface area contributed by atoms with Gasteiger partial charge in [-0.3, -0.25) is 4.79 Å². The van der Waals surface area contributed by atoms with Gasteiger partial charge in [0, 0.05) is 29.8 Å². The molecule has 0 unspecified atom stereocenters. The molecule has 0 radical (unpaired) electrons. The molecule has 1 aliphatic carbocycles. The van der Waals surface area contributed by atoms with Crippen molar-refractivity contribution in [3.63, 3.8) is 0 Å². The molecule has 0 saturated carbocycles. The van der Waals surface area contributed by atoms with E-state index in [4.69, 9.17) is 10.2 Å². The van der Waals surface area contributed by atoms with Crippen molar-refractivity contribution in [3.8, 4) is 0 Å². The van der Waals surface area contributed by atoms with Crippen LogP contribution in [-0.2, 0) is 11.3 Å². The number of carbonyl (C=O) groups is 1. The quantitative estimate of drug-likeness (QED) is 0.769. The molecular formula is C25H22N2O2. The first-order chi connectivity index (χ1) is 14.0. The molecule has 4 rings (SSSR count). The van der Waals surface area contributed by atoms with Gasteiger partial charge in [0.1, 0.15) is 5.76 Å². The third-order valence-electron chi connectivity index (χ3n) is 5.11. The second-order valence-corrected chi connectivity index (χ2v) is 7.09. The standard InChI is InChI=1S/C25H22N2O2/c1-17-14-18(2)27(16-19-8-4-3-5-9-19)22-11-6-10-20(23-12-7-13-29-23)15-21(24(17)22)25(26)28/h3-9,12-13,15H,11,16H2,1-2H3,(H2,26,28)/b21-15+. The molecular weight excluding hydrogens is 360 g/mol. The van der Waals surface area contributed by atoms with Crippen molar-refractivity contribution >= 4 is 11.5 Å². The molecule has 0 atom stereocenters. The van der Waals surface area contributed by atoms with E-state index in [1.807, 2.05) is 50.3 Å². The van der Waals surface area contributed by atoms with Crippen LogP contribution in [0.4, 0.5) is 0 Å². The summed E-state index contributed by atoms with van der Waals surface area (Å²) >= 11 is 0. The predicted molar refractivity (Wildman–Crippen MR) is 113 cm³/mol. The van der Waals surface area contributed by atoms with Crippen LogP contribution in [0, 0.1) is 0 Å². The molecule has 2 N–H and O–H groups in total. The molecule has 1 aliphatic heterocycles. The fourth-order valence-corrected chi connectivity index (χ4v) is 3.79. The molecule has 29 heavy (non-hydrogen) atoms. The summed E-state index contributed by atoms with van der Waals surface area (Å²) in [4.78, 5) is 14.7. The molecule has 2 aliphatic rings. The van der Waals surface area contributed by atoms with Gasteiger partial charge < -0.3 is 15.1 Å². The first-order valence-electron chi connectivity index (χ1n) is 9.54. The van der Waals surface area contributed by atoms with Crippen molar-refractivity contribution in [1.29, 1.82) is 0 Å². The van der Waals surface area contributed by atoms with Crippen molar-refractivity contribution < 1.29 is 9.21 Å². The minimum Gasteiger partial charge on any atom is -0.464 e. The van der Waals surface area contributed by atoms with E-state index in [9.17, 15) is 4.79 Å². The lowest BCUT2D eigenvalue weighted by Crippen LogP contribution is -2.27. The van der Waals surface area contributed by atoms with Gasteiger partial charge in [0.15, 0.2) is 0 Å². The Labute approximate surface area is 170 Å². The molecule has 2 aromatic rings. The average Bonchev–Trinajstić information content (AvgIpc) is 3.21. The molecule has 4 heteroatoms. The number of furan rings is 1. The Morgan fingerprint density at radius 1 is 1.17 bits per heavy atom. The first kappa shape index (κ1) is 18.6. The van der Waals surface area contributed by atoms with E-state index in [1.165, 1.54) is 5.56 Å². The Morgan fingerprint density at radius 3 is 2.66 bits per heavy atom. The molecule has 0 bridgehead atoms. The average molecular weight is 382 g/mol. The van der Waals surface area contributed by atoms with E-state index in [-0.39, 0.29) is 0 Å². The van der Waals surface area contributed by atoms with Crippen molar-refractivity contribution in [3.05, 3.63) is 112 Å². The second-order valence-electron chi connectivity index (χ2n) is 7.09. The smallest absolute Gasteiger partial charge is 0.249 e. The van der Waals surface area contributed by atoms with Gasteiger partial charge >= 0.3 is 0 Å². The van der Waals surface area contributed by atoms with Gasteiger partial charge in [-0.15, -0.1) is 5.73 Å². The number of nitrogens with zero attached hydrogens (tertiary/aromatic N) is 1. The lowest BCUT2D eigenvalue weighted by molar-refractivity contribution is -0.114. The fraction of sp³-hybridized carbons (Fsp3) is 0.160. The van der Waals surface area contributed by atoms with Gasteiger partial charge in [-0.1, -0.05) is 36.1 Å². The van der Waals surface area contributed by atoms with E-state index in [2.05, 4.69) is 28.5 Å². The largest absolute Gasteiger partial charge is 0.464 e. The van der Waals surface area contributed by atoms with Gasteiger partial charge in [0.2, 0.25) is 5.91 Å². The normalized spacial score (nSPS) is 18.1. The Morgan fingerprint density at radius 2 is 1.97 bits per heavy atom. The summed E-state index contributed by atoms with van der Waals surface area (Å²) in [6, 6.07) is 13.9. The van der Waals surface area contributed by atoms with Crippen LogP contribution in [0.1, 0.15) is 31.6 Å². The number of nitrogens with two attached hydrogens (primary N) is 1. The topological polar surface area (TPSA) is 59.5 Å². The number of hydrogen-bond donors (Lipinski definition) is 1. The zero-order valence-corrected chi connectivity index (χ0v) is 16.5. The SMILES string of the molecule is CC1=C=C(C)N(Cc2ccccc2)C2=C1/C(C(N)=O)=C\C(c1ccco1)=C=CC2. The summed E-state index contributed by atoms with van der Waals surface area (Å²) < 4.78 is 5.51. The Balaban J connectivity index is 1.86. The van der Waals surface area contributed by atoms with Crippen molar-refractivity contribution in [2.24, 2.45) is 5.73 Å². The van der Waals surface area contributed by atoms with Gasteiger partial charge in [0.25, 0.3) is 0 Å². The van der Waals surface area contributed by atoms with Gasteiger partial charge in [0.05, 0.1) is 23.1 Å². The highest BCUT2D eigenvalue weighted by Crippen LogP contribution is 2.36. The molecule has 0 spiro atoms. The maximum atomic E-state index is 12.5. The van der Waals surface area contributed by atoms with E-state index < -0.39 is 5.91 Å². The van der Waals surface area contributed by atoms with Crippen LogP contribution in [0.3, 0.4) is 0 Å². The van der Waals surface area contributed by atoms with Crippen LogP contribution in [0.25, 0.3) is 5.57 Å². The highest BCUT2D eigenvalue weighted by molar-refractivity contribution is 6.01. The number of hydrogen-bond acceptors (Lipinski definition) is 3. The summed E-state index contributed by atoms with van der Waals surface area (Å²) in [6.07, 6.45) is 5.96. The van der Waals surface area contributed by atoms with E-state index in [0.29, 0.717) is 29.9 Å². The number of benzene rings is 1. The maximum absolute atomic E-state index is 12.5. The van der Waals surface area contributed by atoms with Crippen molar-refractivity contribution in [1.82, 2.24) is 4.90 Å². The zero-order valence-electron chi connectivity index (χ0n) is 16.5. The molecule has 4 nitrogen and oxygen atoms in total. The number of carbonyl (C=O) groups excluding carboxylic acids is 1. The van der Waals surface area contributed by atoms with Crippen molar-refractivity contribution in [2.75, 3.05) is 0 Å². The minimum absolute atomic E-state index is 0.447. The summed E-state index contributed by atoms with van der Waals surface area (Å²) in [5.41, 5.74) is 18.6. The summed E-state index contributed by atoms with van der Waals surface area (Å²) in [7, 11) is 0. The monoisotopic (exact) mass is 382 g/mol. The zero-order chi connectivity index (χ0) is 20.4. The molecule has 1 aromatic heterocycles. The Kier molecular flexibility index (Phi) is 4.97. The van der Waals surface area contributed by atoms with Gasteiger partial charge in [-0.2, -0.15) is 0 Å². The molecule has 144 valence electrons. The summed E-state index contributed by atoms with van der Waals surface area (Å²) in [5, 5.41) is 0. The van der Waals surface area contributed by atoms with Crippen LogP contribution < -0.4 is 5.73 Å². The highest BCUT2D eigenvalue weighted by Gasteiger charge is 2.27. The van der Waals surface area contributed by atoms with Crippen LogP contribution >= 0.6 is 0 Å². The van der Waals surface area contributed by atoms with Crippen LogP contribution in [-0.4, -0.2) is 10.8 Å². The van der Waals surface area contributed by atoms with E-state index in [0.717, 1.165) is 22.5 Å². The number of allylic oxidation sites excluding steroid dienone is 3. The van der Waals surface area contributed by atoms with Crippen LogP contribution in [0.15, 0.2) is 105 Å². The summed E-state index contributed by atoms with van der Waals surface area (Å²) in [5.74, 6) is 0.167. The minimum atomic E-state index is -0.481. The lowest BCUT2D eigenvalue weighted by atomic mass is 9.89. The van der Waals surface area contributed by atoms with Gasteiger partial charge in [-0.05, 0) is 43.7 Å².